The van der Waals surface area contributed by atoms with Crippen LogP contribution >= 0.6 is 0 Å². The van der Waals surface area contributed by atoms with E-state index < -0.39 is 72.7 Å². The average Bonchev–Trinajstić information content (AvgIpc) is 2.90. The lowest BCUT2D eigenvalue weighted by Crippen LogP contribution is -2.54. The van der Waals surface area contributed by atoms with E-state index in [0.717, 1.165) is 48.5 Å². The van der Waals surface area contributed by atoms with Crippen molar-refractivity contribution in [1.82, 2.24) is 4.72 Å². The van der Waals surface area contributed by atoms with Gasteiger partial charge in [0.2, 0.25) is 10.0 Å². The summed E-state index contributed by atoms with van der Waals surface area (Å²) in [5.41, 5.74) is -7.57. The van der Waals surface area contributed by atoms with Gasteiger partial charge in [-0.05, 0) is 73.0 Å². The number of hydrogen-bond donors (Lipinski definition) is 2. The van der Waals surface area contributed by atoms with E-state index in [0.29, 0.717) is 16.4 Å². The van der Waals surface area contributed by atoms with E-state index in [1.165, 1.54) is 0 Å². The Kier molecular flexibility index (Phi) is 8.12. The van der Waals surface area contributed by atoms with Crippen LogP contribution in [0.1, 0.15) is 17.5 Å². The van der Waals surface area contributed by atoms with Gasteiger partial charge in [0, 0.05) is 12.1 Å². The smallest absolute Gasteiger partial charge is 0.369 e. The maximum atomic E-state index is 13.7. The molecule has 1 aliphatic rings. The van der Waals surface area contributed by atoms with Gasteiger partial charge in [0.15, 0.2) is 0 Å². The summed E-state index contributed by atoms with van der Waals surface area (Å²) in [6, 6.07) is 7.05. The van der Waals surface area contributed by atoms with Crippen LogP contribution in [0.25, 0.3) is 0 Å². The second kappa shape index (κ2) is 10.8. The summed E-state index contributed by atoms with van der Waals surface area (Å²) in [5, 5.41) is 9.82. The summed E-state index contributed by atoms with van der Waals surface area (Å²) in [6.45, 7) is -0.615. The van der Waals surface area contributed by atoms with Crippen LogP contribution in [0.3, 0.4) is 0 Å². The second-order valence-corrected chi connectivity index (χ2v) is 12.9. The third kappa shape index (κ3) is 5.69. The van der Waals surface area contributed by atoms with Gasteiger partial charge in [-0.3, -0.25) is 4.31 Å². The lowest BCUT2D eigenvalue weighted by molar-refractivity contribution is -0.376. The Morgan fingerprint density at radius 1 is 0.786 bits per heavy atom. The number of alkyl halides is 6. The van der Waals surface area contributed by atoms with Crippen molar-refractivity contribution in [1.29, 1.82) is 0 Å². The zero-order chi connectivity index (χ0) is 31.3. The summed E-state index contributed by atoms with van der Waals surface area (Å²) >= 11 is 0. The molecule has 0 spiro atoms. The molecule has 42 heavy (non-hydrogen) atoms. The fourth-order valence-electron chi connectivity index (χ4n) is 4.48. The van der Waals surface area contributed by atoms with Crippen LogP contribution in [-0.4, -0.2) is 46.9 Å². The lowest BCUT2D eigenvalue weighted by atomic mass is 9.88. The quantitative estimate of drug-likeness (QED) is 0.361. The SMILES string of the molecule is O=S(=O)(NCC1CCc2cc(C(O)(C(F)(F)F)C(F)(F)F)ccc2N1S(=O)(=O)c1ccc(F)cc1)c1ccc(F)cc1. The van der Waals surface area contributed by atoms with Gasteiger partial charge in [-0.2, -0.15) is 26.3 Å². The molecule has 2 N–H and O–H groups in total. The molecule has 4 rings (SSSR count). The largest absolute Gasteiger partial charge is 0.430 e. The molecule has 0 bridgehead atoms. The van der Waals surface area contributed by atoms with Crippen molar-refractivity contribution in [2.45, 2.75) is 46.6 Å². The maximum Gasteiger partial charge on any atom is 0.430 e. The average molecular weight is 645 g/mol. The Labute approximate surface area is 234 Å². The standard InChI is InChI=1S/C25H20F8N2O5S2/c26-17-3-8-20(9-4-17)41(37,38)34-14-19-7-1-15-13-16(23(36,24(28,29)30)25(31,32)33)2-12-22(15)35(19)42(39,40)21-10-5-18(27)6-11-21/h2-6,8-13,19,34,36H,1,7,14H2. The van der Waals surface area contributed by atoms with Crippen LogP contribution in [0.15, 0.2) is 76.5 Å². The molecule has 0 saturated heterocycles. The highest BCUT2D eigenvalue weighted by molar-refractivity contribution is 7.93. The third-order valence-corrected chi connectivity index (χ3v) is 9.96. The van der Waals surface area contributed by atoms with E-state index in [-0.39, 0.29) is 35.1 Å². The number of benzene rings is 3. The van der Waals surface area contributed by atoms with E-state index >= 15 is 0 Å². The Morgan fingerprint density at radius 2 is 1.29 bits per heavy atom. The van der Waals surface area contributed by atoms with Crippen LogP contribution in [0.5, 0.6) is 0 Å². The van der Waals surface area contributed by atoms with Crippen molar-refractivity contribution in [3.8, 4) is 0 Å². The summed E-state index contributed by atoms with van der Waals surface area (Å²) in [7, 11) is -9.03. The fraction of sp³-hybridized carbons (Fsp3) is 0.280. The fourth-order valence-corrected chi connectivity index (χ4v) is 7.27. The number of nitrogens with zero attached hydrogens (tertiary/aromatic N) is 1. The molecule has 7 nitrogen and oxygen atoms in total. The van der Waals surface area contributed by atoms with Crippen LogP contribution < -0.4 is 9.03 Å². The Hall–Kier alpha value is -3.28. The van der Waals surface area contributed by atoms with Gasteiger partial charge in [0.05, 0.1) is 21.5 Å². The molecule has 0 aromatic heterocycles. The Balaban J connectivity index is 1.80. The molecule has 0 amide bonds. The summed E-state index contributed by atoms with van der Waals surface area (Å²) < 4.78 is 163. The Morgan fingerprint density at radius 3 is 1.79 bits per heavy atom. The monoisotopic (exact) mass is 644 g/mol. The number of fused-ring (bicyclic) bond motifs is 1. The van der Waals surface area contributed by atoms with Gasteiger partial charge in [0.25, 0.3) is 15.6 Å². The van der Waals surface area contributed by atoms with Gasteiger partial charge < -0.3 is 5.11 Å². The van der Waals surface area contributed by atoms with E-state index in [1.807, 2.05) is 0 Å². The number of hydrogen-bond acceptors (Lipinski definition) is 5. The number of halogens is 8. The van der Waals surface area contributed by atoms with Gasteiger partial charge in [-0.1, -0.05) is 12.1 Å². The molecule has 0 saturated carbocycles. The predicted octanol–water partition coefficient (Wildman–Crippen LogP) is 4.77. The number of anilines is 1. The highest BCUT2D eigenvalue weighted by Crippen LogP contribution is 2.51. The van der Waals surface area contributed by atoms with Crippen LogP contribution in [0.2, 0.25) is 0 Å². The normalized spacial score (nSPS) is 16.8. The highest BCUT2D eigenvalue weighted by Gasteiger charge is 2.71. The van der Waals surface area contributed by atoms with Gasteiger partial charge in [-0.25, -0.2) is 30.3 Å². The molecule has 228 valence electrons. The molecule has 3 aromatic carbocycles. The van der Waals surface area contributed by atoms with Crippen LogP contribution in [-0.2, 0) is 32.1 Å². The molecule has 1 unspecified atom stereocenters. The summed E-state index contributed by atoms with van der Waals surface area (Å²) in [6.07, 6.45) is -13.0. The number of aryl methyl sites for hydroxylation is 1. The van der Waals surface area contributed by atoms with Crippen LogP contribution in [0, 0.1) is 11.6 Å². The molecule has 17 heteroatoms. The number of rotatable bonds is 7. The van der Waals surface area contributed by atoms with Crippen molar-refractivity contribution >= 4 is 25.7 Å². The summed E-state index contributed by atoms with van der Waals surface area (Å²) in [5.74, 6) is -1.53. The molecule has 1 heterocycles. The van der Waals surface area contributed by atoms with Crippen LogP contribution in [0.4, 0.5) is 40.8 Å². The molecule has 0 fully saturated rings. The van der Waals surface area contributed by atoms with Gasteiger partial charge >= 0.3 is 12.4 Å². The molecule has 0 radical (unpaired) electrons. The molecule has 0 aliphatic carbocycles. The maximum absolute atomic E-state index is 13.7. The third-order valence-electron chi connectivity index (χ3n) is 6.64. The minimum absolute atomic E-state index is 0.276. The Bertz CT molecular complexity index is 1660. The van der Waals surface area contributed by atoms with Crippen molar-refractivity contribution in [2.24, 2.45) is 0 Å². The zero-order valence-corrected chi connectivity index (χ0v) is 22.6. The van der Waals surface area contributed by atoms with Crippen molar-refractivity contribution in [3.05, 3.63) is 89.5 Å². The van der Waals surface area contributed by atoms with E-state index in [9.17, 15) is 57.1 Å². The van der Waals surface area contributed by atoms with E-state index in [4.69, 9.17) is 0 Å². The molecule has 3 aromatic rings. The molecular weight excluding hydrogens is 624 g/mol. The minimum atomic E-state index is -6.19. The minimum Gasteiger partial charge on any atom is -0.369 e. The molecule has 1 aliphatic heterocycles. The van der Waals surface area contributed by atoms with E-state index in [2.05, 4.69) is 4.72 Å². The summed E-state index contributed by atoms with van der Waals surface area (Å²) in [4.78, 5) is -0.870. The first-order valence-corrected chi connectivity index (χ1v) is 14.8. The lowest BCUT2D eigenvalue weighted by Gasteiger charge is -2.39. The number of nitrogens with one attached hydrogen (secondary N) is 1. The zero-order valence-electron chi connectivity index (χ0n) is 20.9. The number of sulfonamides is 2. The van der Waals surface area contributed by atoms with Crippen molar-refractivity contribution in [2.75, 3.05) is 10.8 Å². The first-order valence-electron chi connectivity index (χ1n) is 11.8. The van der Waals surface area contributed by atoms with Crippen molar-refractivity contribution < 1.29 is 57.1 Å². The molecule has 1 atom stereocenters. The van der Waals surface area contributed by atoms with Crippen molar-refractivity contribution in [3.63, 3.8) is 0 Å². The second-order valence-electron chi connectivity index (χ2n) is 9.30. The highest BCUT2D eigenvalue weighted by atomic mass is 32.2. The van der Waals surface area contributed by atoms with Gasteiger partial charge in [0.1, 0.15) is 11.6 Å². The first kappa shape index (κ1) is 31.7. The number of aliphatic hydroxyl groups is 1. The topological polar surface area (TPSA) is 104 Å². The first-order chi connectivity index (χ1) is 19.3. The molecular formula is C25H20F8N2O5S2. The predicted molar refractivity (Wildman–Crippen MR) is 132 cm³/mol. The van der Waals surface area contributed by atoms with E-state index in [1.54, 1.807) is 0 Å². The van der Waals surface area contributed by atoms with Gasteiger partial charge in [-0.15, -0.1) is 0 Å².